The molecule has 2 aliphatic rings. The Bertz CT molecular complexity index is 450. The van der Waals surface area contributed by atoms with Crippen LogP contribution in [0.3, 0.4) is 0 Å². The summed E-state index contributed by atoms with van der Waals surface area (Å²) < 4.78 is 0. The molecule has 5 nitrogen and oxygen atoms in total. The fourth-order valence-corrected chi connectivity index (χ4v) is 3.29. The third-order valence-corrected chi connectivity index (χ3v) is 4.42. The lowest BCUT2D eigenvalue weighted by Crippen LogP contribution is -2.46. The number of aromatic nitrogens is 1. The first-order chi connectivity index (χ1) is 9.84. The molecule has 1 saturated heterocycles. The molecule has 1 aliphatic heterocycles. The molecular formula is C15H22N4O. The Morgan fingerprint density at radius 3 is 2.90 bits per heavy atom. The van der Waals surface area contributed by atoms with Gasteiger partial charge in [-0.25, -0.2) is 5.43 Å². The average Bonchev–Trinajstić information content (AvgIpc) is 2.92. The Balaban J connectivity index is 1.47. The van der Waals surface area contributed by atoms with Gasteiger partial charge in [-0.2, -0.15) is 0 Å². The van der Waals surface area contributed by atoms with Crippen molar-refractivity contribution in [1.82, 2.24) is 21.2 Å². The number of pyridine rings is 1. The molecule has 2 heterocycles. The molecule has 1 amide bonds. The molecule has 3 N–H and O–H groups in total. The number of nitrogens with one attached hydrogen (secondary N) is 3. The van der Waals surface area contributed by atoms with E-state index < -0.39 is 0 Å². The number of carbonyl (C=O) groups is 1. The molecule has 1 aromatic rings. The van der Waals surface area contributed by atoms with Crippen LogP contribution < -0.4 is 16.2 Å². The van der Waals surface area contributed by atoms with Gasteiger partial charge in [0.2, 0.25) is 5.91 Å². The van der Waals surface area contributed by atoms with Gasteiger partial charge in [0.05, 0.1) is 0 Å². The van der Waals surface area contributed by atoms with Gasteiger partial charge < -0.3 is 5.32 Å². The van der Waals surface area contributed by atoms with E-state index in [0.29, 0.717) is 18.5 Å². The largest absolute Gasteiger partial charge is 0.354 e. The SMILES string of the molecule is O=C(NCCc1ccncc1)C1NNC2CCCCC21. The van der Waals surface area contributed by atoms with Crippen molar-refractivity contribution in [3.05, 3.63) is 30.1 Å². The van der Waals surface area contributed by atoms with Crippen LogP contribution in [0.15, 0.2) is 24.5 Å². The minimum atomic E-state index is -0.0715. The van der Waals surface area contributed by atoms with Crippen LogP contribution in [0.25, 0.3) is 0 Å². The van der Waals surface area contributed by atoms with Gasteiger partial charge in [0, 0.05) is 30.9 Å². The van der Waals surface area contributed by atoms with E-state index in [1.165, 1.54) is 24.8 Å². The van der Waals surface area contributed by atoms with Crippen LogP contribution in [-0.4, -0.2) is 29.5 Å². The summed E-state index contributed by atoms with van der Waals surface area (Å²) in [5.41, 5.74) is 7.66. The molecule has 0 spiro atoms. The van der Waals surface area contributed by atoms with E-state index in [9.17, 15) is 4.79 Å². The minimum Gasteiger partial charge on any atom is -0.354 e. The number of hydrogen-bond acceptors (Lipinski definition) is 4. The first-order valence-corrected chi connectivity index (χ1v) is 7.52. The van der Waals surface area contributed by atoms with Gasteiger partial charge >= 0.3 is 0 Å². The molecule has 1 aliphatic carbocycles. The van der Waals surface area contributed by atoms with E-state index in [4.69, 9.17) is 0 Å². The lowest BCUT2D eigenvalue weighted by Gasteiger charge is -2.26. The Hall–Kier alpha value is -1.46. The van der Waals surface area contributed by atoms with Crippen molar-refractivity contribution in [2.24, 2.45) is 5.92 Å². The second-order valence-electron chi connectivity index (χ2n) is 5.72. The third-order valence-electron chi connectivity index (χ3n) is 4.42. The Kier molecular flexibility index (Phi) is 4.28. The fourth-order valence-electron chi connectivity index (χ4n) is 3.29. The van der Waals surface area contributed by atoms with Crippen molar-refractivity contribution < 1.29 is 4.79 Å². The predicted octanol–water partition coefficient (Wildman–Crippen LogP) is 0.775. The molecular weight excluding hydrogens is 252 g/mol. The van der Waals surface area contributed by atoms with Crippen LogP contribution in [0, 0.1) is 5.92 Å². The number of amides is 1. The molecule has 108 valence electrons. The molecule has 1 aromatic heterocycles. The molecule has 3 rings (SSSR count). The molecule has 1 saturated carbocycles. The van der Waals surface area contributed by atoms with Crippen molar-refractivity contribution in [3.63, 3.8) is 0 Å². The highest BCUT2D eigenvalue weighted by Gasteiger charge is 2.40. The standard InChI is InChI=1S/C15H22N4O/c20-15(17-10-7-11-5-8-16-9-6-11)14-12-3-1-2-4-13(12)18-19-14/h5-6,8-9,12-14,18-19H,1-4,7,10H2,(H,17,20). The van der Waals surface area contributed by atoms with Crippen LogP contribution >= 0.6 is 0 Å². The number of fused-ring (bicyclic) bond motifs is 1. The monoisotopic (exact) mass is 274 g/mol. The maximum absolute atomic E-state index is 12.3. The quantitative estimate of drug-likeness (QED) is 0.759. The number of carbonyl (C=O) groups excluding carboxylic acids is 1. The molecule has 0 aromatic carbocycles. The van der Waals surface area contributed by atoms with Gasteiger partial charge in [-0.05, 0) is 37.0 Å². The zero-order chi connectivity index (χ0) is 13.8. The van der Waals surface area contributed by atoms with Gasteiger partial charge in [-0.3, -0.25) is 15.2 Å². The zero-order valence-electron chi connectivity index (χ0n) is 11.6. The highest BCUT2D eigenvalue weighted by molar-refractivity contribution is 5.82. The van der Waals surface area contributed by atoms with Crippen molar-refractivity contribution in [2.75, 3.05) is 6.54 Å². The zero-order valence-corrected chi connectivity index (χ0v) is 11.6. The first kappa shape index (κ1) is 13.5. The van der Waals surface area contributed by atoms with Gasteiger partial charge in [0.15, 0.2) is 0 Å². The predicted molar refractivity (Wildman–Crippen MR) is 76.8 cm³/mol. The maximum atomic E-state index is 12.3. The summed E-state index contributed by atoms with van der Waals surface area (Å²) in [6, 6.07) is 4.37. The third kappa shape index (κ3) is 2.99. The molecule has 2 fully saturated rings. The lowest BCUT2D eigenvalue weighted by molar-refractivity contribution is -0.123. The van der Waals surface area contributed by atoms with E-state index in [-0.39, 0.29) is 11.9 Å². The van der Waals surface area contributed by atoms with E-state index in [1.807, 2.05) is 12.1 Å². The Labute approximate surface area is 119 Å². The molecule has 3 unspecified atom stereocenters. The van der Waals surface area contributed by atoms with Crippen molar-refractivity contribution in [3.8, 4) is 0 Å². The molecule has 3 atom stereocenters. The lowest BCUT2D eigenvalue weighted by atomic mass is 9.81. The van der Waals surface area contributed by atoms with Crippen LogP contribution in [0.1, 0.15) is 31.2 Å². The second kappa shape index (κ2) is 6.33. The number of nitrogens with zero attached hydrogens (tertiary/aromatic N) is 1. The Morgan fingerprint density at radius 2 is 2.05 bits per heavy atom. The molecule has 5 heteroatoms. The molecule has 0 radical (unpaired) electrons. The first-order valence-electron chi connectivity index (χ1n) is 7.52. The van der Waals surface area contributed by atoms with Crippen LogP contribution in [0.2, 0.25) is 0 Å². The van der Waals surface area contributed by atoms with Crippen LogP contribution in [0.5, 0.6) is 0 Å². The molecule has 20 heavy (non-hydrogen) atoms. The summed E-state index contributed by atoms with van der Waals surface area (Å²) >= 11 is 0. The number of hydrogen-bond donors (Lipinski definition) is 3. The Morgan fingerprint density at radius 1 is 1.25 bits per heavy atom. The average molecular weight is 274 g/mol. The van der Waals surface area contributed by atoms with Crippen LogP contribution in [0.4, 0.5) is 0 Å². The van der Waals surface area contributed by atoms with Gasteiger partial charge in [-0.1, -0.05) is 12.8 Å². The highest BCUT2D eigenvalue weighted by atomic mass is 16.2. The summed E-state index contributed by atoms with van der Waals surface area (Å²) in [6.07, 6.45) is 9.25. The maximum Gasteiger partial charge on any atom is 0.238 e. The van der Waals surface area contributed by atoms with Crippen molar-refractivity contribution in [2.45, 2.75) is 44.2 Å². The van der Waals surface area contributed by atoms with Crippen molar-refractivity contribution in [1.29, 1.82) is 0 Å². The van der Waals surface area contributed by atoms with Crippen LogP contribution in [-0.2, 0) is 11.2 Å². The van der Waals surface area contributed by atoms with Crippen molar-refractivity contribution >= 4 is 5.91 Å². The van der Waals surface area contributed by atoms with E-state index in [2.05, 4.69) is 21.2 Å². The summed E-state index contributed by atoms with van der Waals surface area (Å²) in [4.78, 5) is 16.3. The van der Waals surface area contributed by atoms with E-state index in [1.54, 1.807) is 12.4 Å². The summed E-state index contributed by atoms with van der Waals surface area (Å²) in [5, 5.41) is 3.04. The fraction of sp³-hybridized carbons (Fsp3) is 0.600. The number of hydrazine groups is 1. The summed E-state index contributed by atoms with van der Waals surface area (Å²) in [5.74, 6) is 0.575. The normalized spacial score (nSPS) is 28.9. The van der Waals surface area contributed by atoms with E-state index in [0.717, 1.165) is 12.8 Å². The molecule has 0 bridgehead atoms. The van der Waals surface area contributed by atoms with Gasteiger partial charge in [-0.15, -0.1) is 0 Å². The topological polar surface area (TPSA) is 66.0 Å². The minimum absolute atomic E-state index is 0.0715. The second-order valence-corrected chi connectivity index (χ2v) is 5.72. The van der Waals surface area contributed by atoms with E-state index >= 15 is 0 Å². The van der Waals surface area contributed by atoms with Gasteiger partial charge in [0.1, 0.15) is 6.04 Å². The highest BCUT2D eigenvalue weighted by Crippen LogP contribution is 2.29. The smallest absolute Gasteiger partial charge is 0.238 e. The number of rotatable bonds is 4. The summed E-state index contributed by atoms with van der Waals surface area (Å²) in [6.45, 7) is 0.679. The summed E-state index contributed by atoms with van der Waals surface area (Å²) in [7, 11) is 0. The van der Waals surface area contributed by atoms with Gasteiger partial charge in [0.25, 0.3) is 0 Å².